The minimum atomic E-state index is -4.39. The van der Waals surface area contributed by atoms with Crippen LogP contribution < -0.4 is 15.5 Å². The SMILES string of the molecule is C[C@@H](CC[C@H]1C(=O)N(c2ccc(F)cc2)[C@@H]1c1ccc(-c2ccc(S(=O)(=O)CC3OC(COC(=O)Nc4ccccc4F)[C@H](OC4OC(COC(=O)Nc5ccccc5F)[C@H](O)[C@H](O)[C@H]4O)[C@H](O)[C@H]3O)cc2)cc1)c1ccc(F)cc1. The molecule has 3 aliphatic rings. The molecule has 0 aliphatic carbocycles. The molecule has 6 aromatic rings. The van der Waals surface area contributed by atoms with E-state index in [0.717, 1.165) is 23.3 Å². The fraction of sp³-hybridized carbons (Fsp3) is 0.328. The van der Waals surface area contributed by atoms with Crippen molar-refractivity contribution in [1.82, 2.24) is 0 Å². The molecule has 0 saturated carbocycles. The summed E-state index contributed by atoms with van der Waals surface area (Å²) >= 11 is 0. The molecular formula is C58H57F4N3O15S. The summed E-state index contributed by atoms with van der Waals surface area (Å²) in [4.78, 5) is 40.6. The number of nitrogens with zero attached hydrogens (tertiary/aromatic N) is 1. The molecule has 7 N–H and O–H groups in total. The second kappa shape index (κ2) is 25.2. The number of carbonyl (C=O) groups excluding carboxylic acids is 3. The fourth-order valence-electron chi connectivity index (χ4n) is 10.0. The summed E-state index contributed by atoms with van der Waals surface area (Å²) in [6.45, 7) is 0.336. The van der Waals surface area contributed by atoms with E-state index in [1.807, 2.05) is 31.2 Å². The maximum Gasteiger partial charge on any atom is 0.411 e. The molecule has 0 aromatic heterocycles. The normalized spacial score (nSPS) is 26.0. The molecule has 3 aliphatic heterocycles. The lowest BCUT2D eigenvalue weighted by Gasteiger charge is -2.48. The molecule has 0 bridgehead atoms. The summed E-state index contributed by atoms with van der Waals surface area (Å²) in [5.74, 6) is -3.86. The third-order valence-electron chi connectivity index (χ3n) is 14.6. The lowest BCUT2D eigenvalue weighted by Crippen LogP contribution is -2.65. The number of β-lactam (4-membered cyclic amide) rings is 1. The molecular weight excluding hydrogens is 1090 g/mol. The molecule has 3 fully saturated rings. The Morgan fingerprint density at radius 3 is 1.70 bits per heavy atom. The first kappa shape index (κ1) is 58.3. The number of sulfone groups is 1. The van der Waals surface area contributed by atoms with Crippen LogP contribution in [0, 0.1) is 29.2 Å². The van der Waals surface area contributed by atoms with Crippen LogP contribution >= 0.6 is 0 Å². The van der Waals surface area contributed by atoms with Gasteiger partial charge >= 0.3 is 12.2 Å². The summed E-state index contributed by atoms with van der Waals surface area (Å²) in [7, 11) is -4.39. The zero-order valence-electron chi connectivity index (χ0n) is 43.1. The minimum absolute atomic E-state index is 0.0345. The molecule has 3 amide bonds. The van der Waals surface area contributed by atoms with Gasteiger partial charge in [-0.2, -0.15) is 0 Å². The number of benzene rings is 6. The van der Waals surface area contributed by atoms with Gasteiger partial charge in [-0.05, 0) is 114 Å². The quantitative estimate of drug-likeness (QED) is 0.0333. The van der Waals surface area contributed by atoms with Gasteiger partial charge in [0.15, 0.2) is 16.1 Å². The summed E-state index contributed by atoms with van der Waals surface area (Å²) in [6, 6.07) is 34.8. The van der Waals surface area contributed by atoms with Crippen molar-refractivity contribution in [2.75, 3.05) is 34.5 Å². The van der Waals surface area contributed by atoms with E-state index in [1.165, 1.54) is 72.8 Å². The predicted octanol–water partition coefficient (Wildman–Crippen LogP) is 7.15. The first-order chi connectivity index (χ1) is 38.8. The molecule has 4 unspecified atom stereocenters. The topological polar surface area (TPSA) is 260 Å². The van der Waals surface area contributed by atoms with Gasteiger partial charge in [-0.1, -0.05) is 79.7 Å². The summed E-state index contributed by atoms with van der Waals surface area (Å²) < 4.78 is 112. The van der Waals surface area contributed by atoms with Gasteiger partial charge in [-0.25, -0.2) is 35.6 Å². The number of aliphatic hydroxyl groups excluding tert-OH is 5. The Morgan fingerprint density at radius 2 is 1.14 bits per heavy atom. The molecule has 81 heavy (non-hydrogen) atoms. The molecule has 9 rings (SSSR count). The zero-order chi connectivity index (χ0) is 57.7. The number of halogens is 4. The van der Waals surface area contributed by atoms with Crippen LogP contribution in [0.1, 0.15) is 42.9 Å². The van der Waals surface area contributed by atoms with Gasteiger partial charge in [0, 0.05) is 5.69 Å². The highest BCUT2D eigenvalue weighted by Gasteiger charge is 2.52. The van der Waals surface area contributed by atoms with Crippen LogP contribution in [0.25, 0.3) is 11.1 Å². The Balaban J connectivity index is 0.884. The van der Waals surface area contributed by atoms with Crippen molar-refractivity contribution < 1.29 is 89.6 Å². The lowest BCUT2D eigenvalue weighted by atomic mass is 9.77. The highest BCUT2D eigenvalue weighted by Crippen LogP contribution is 2.47. The fourth-order valence-corrected chi connectivity index (χ4v) is 11.5. The molecule has 0 spiro atoms. The number of amides is 3. The number of hydrogen-bond acceptors (Lipinski definition) is 15. The van der Waals surface area contributed by atoms with E-state index in [9.17, 15) is 65.9 Å². The third-order valence-corrected chi connectivity index (χ3v) is 16.3. The molecule has 3 heterocycles. The van der Waals surface area contributed by atoms with Crippen LogP contribution in [0.15, 0.2) is 150 Å². The Hall–Kier alpha value is -7.32. The number of rotatable bonds is 18. The number of para-hydroxylation sites is 2. The first-order valence-electron chi connectivity index (χ1n) is 25.8. The number of nitrogens with one attached hydrogen (secondary N) is 2. The summed E-state index contributed by atoms with van der Waals surface area (Å²) in [5, 5.41) is 59.9. The van der Waals surface area contributed by atoms with Crippen LogP contribution in [0.4, 0.5) is 44.2 Å². The standard InChI is InChI=1S/C58H57F4N3O15S/c1-31(32-15-19-36(59)20-16-32)10-27-40-48(65(55(40)71)38-23-21-37(60)22-24-38)35-13-11-33(12-14-35)34-17-25-39(26-18-34)81(74,75)30-47-50(67)52(69)54(46(78-47)29-77-58(73)64-44-9-5-3-7-42(44)62)80-56-53(70)51(68)49(66)45(79-56)28-76-57(72)63-43-8-4-2-6-41(43)61/h2-9,11-26,31,40,45-54,56,66-70H,10,27-30H2,1H3,(H,63,72)(H,64,73)/t31-,40+,45?,46?,47?,48+,49-,50-,51-,52+,53+,54-,56?/m0/s1. The van der Waals surface area contributed by atoms with E-state index in [1.54, 1.807) is 41.3 Å². The second-order valence-corrected chi connectivity index (χ2v) is 21.9. The van der Waals surface area contributed by atoms with Gasteiger partial charge in [0.2, 0.25) is 5.91 Å². The van der Waals surface area contributed by atoms with E-state index in [0.29, 0.717) is 29.7 Å². The van der Waals surface area contributed by atoms with Crippen molar-refractivity contribution in [3.8, 4) is 11.1 Å². The highest BCUT2D eigenvalue weighted by atomic mass is 32.2. The van der Waals surface area contributed by atoms with E-state index in [2.05, 4.69) is 10.6 Å². The van der Waals surface area contributed by atoms with E-state index < -0.39 is 132 Å². The van der Waals surface area contributed by atoms with Crippen molar-refractivity contribution in [2.24, 2.45) is 5.92 Å². The van der Waals surface area contributed by atoms with Crippen LogP contribution in [0.5, 0.6) is 0 Å². The smallest absolute Gasteiger partial charge is 0.411 e. The van der Waals surface area contributed by atoms with Crippen LogP contribution in [0.2, 0.25) is 0 Å². The number of aliphatic hydroxyl groups is 5. The number of ether oxygens (including phenoxy) is 5. The van der Waals surface area contributed by atoms with Crippen LogP contribution in [0.3, 0.4) is 0 Å². The average Bonchev–Trinajstić information content (AvgIpc) is 3.48. The van der Waals surface area contributed by atoms with Gasteiger partial charge in [0.25, 0.3) is 0 Å². The second-order valence-electron chi connectivity index (χ2n) is 19.9. The summed E-state index contributed by atoms with van der Waals surface area (Å²) in [5.41, 5.74) is 3.03. The van der Waals surface area contributed by atoms with E-state index in [4.69, 9.17) is 23.7 Å². The maximum absolute atomic E-state index is 14.4. The number of hydrogen-bond donors (Lipinski definition) is 7. The lowest BCUT2D eigenvalue weighted by molar-refractivity contribution is -0.340. The summed E-state index contributed by atoms with van der Waals surface area (Å²) in [6.07, 6.45) is -20.4. The van der Waals surface area contributed by atoms with Crippen molar-refractivity contribution in [3.05, 3.63) is 180 Å². The molecule has 428 valence electrons. The maximum atomic E-state index is 14.4. The Bertz CT molecular complexity index is 3280. The zero-order valence-corrected chi connectivity index (χ0v) is 43.9. The monoisotopic (exact) mass is 1140 g/mol. The largest absolute Gasteiger partial charge is 0.446 e. The minimum Gasteiger partial charge on any atom is -0.446 e. The van der Waals surface area contributed by atoms with Crippen molar-refractivity contribution in [2.45, 2.75) is 97.8 Å². The van der Waals surface area contributed by atoms with Gasteiger partial charge < -0.3 is 54.1 Å². The molecule has 0 radical (unpaired) electrons. The van der Waals surface area contributed by atoms with Gasteiger partial charge in [0.1, 0.15) is 91.4 Å². The highest BCUT2D eigenvalue weighted by molar-refractivity contribution is 7.91. The number of anilines is 3. The van der Waals surface area contributed by atoms with Crippen molar-refractivity contribution >= 4 is 45.0 Å². The van der Waals surface area contributed by atoms with Crippen molar-refractivity contribution in [3.63, 3.8) is 0 Å². The molecule has 6 aromatic carbocycles. The predicted molar refractivity (Wildman–Crippen MR) is 283 cm³/mol. The molecule has 23 heteroatoms. The van der Waals surface area contributed by atoms with Crippen LogP contribution in [-0.4, -0.2) is 132 Å². The van der Waals surface area contributed by atoms with Crippen LogP contribution in [-0.2, 0) is 38.3 Å². The van der Waals surface area contributed by atoms with Gasteiger partial charge in [-0.15, -0.1) is 0 Å². The Morgan fingerprint density at radius 1 is 0.617 bits per heavy atom. The molecule has 13 atom stereocenters. The Kier molecular flexibility index (Phi) is 18.2. The van der Waals surface area contributed by atoms with E-state index >= 15 is 0 Å². The van der Waals surface area contributed by atoms with Gasteiger partial charge in [0.05, 0.1) is 34.0 Å². The van der Waals surface area contributed by atoms with E-state index in [-0.39, 0.29) is 33.9 Å². The average molecular weight is 1140 g/mol. The molecule has 18 nitrogen and oxygen atoms in total. The third kappa shape index (κ3) is 13.4. The Labute approximate surface area is 462 Å². The van der Waals surface area contributed by atoms with Crippen molar-refractivity contribution in [1.29, 1.82) is 0 Å². The van der Waals surface area contributed by atoms with Gasteiger partial charge in [-0.3, -0.25) is 15.4 Å². The molecule has 3 saturated heterocycles. The first-order valence-corrected chi connectivity index (χ1v) is 27.4. The number of carbonyl (C=O) groups is 3.